The Morgan fingerprint density at radius 2 is 1.55 bits per heavy atom. The molecule has 3 aromatic carbocycles. The highest BCUT2D eigenvalue weighted by Crippen LogP contribution is 2.33. The van der Waals surface area contributed by atoms with Gasteiger partial charge in [-0.15, -0.1) is 0 Å². The predicted octanol–water partition coefficient (Wildman–Crippen LogP) is 4.97. The molecule has 33 heavy (non-hydrogen) atoms. The third kappa shape index (κ3) is 4.46. The van der Waals surface area contributed by atoms with Gasteiger partial charge >= 0.3 is 0 Å². The molecule has 0 atom stereocenters. The summed E-state index contributed by atoms with van der Waals surface area (Å²) in [6.45, 7) is 3.07. The molecule has 6 nitrogen and oxygen atoms in total. The molecule has 0 bridgehead atoms. The SMILES string of the molecule is Cc1cc(C(=O)N(Cc2ccc(-c3ccccc3)cc2)Cc2ccc3c(c2)OCO3)nn1C. The van der Waals surface area contributed by atoms with E-state index in [1.54, 1.807) is 4.68 Å². The number of hydrogen-bond acceptors (Lipinski definition) is 4. The van der Waals surface area contributed by atoms with Gasteiger partial charge in [-0.2, -0.15) is 5.10 Å². The Hall–Kier alpha value is -4.06. The quantitative estimate of drug-likeness (QED) is 0.426. The lowest BCUT2D eigenvalue weighted by Gasteiger charge is -2.22. The zero-order chi connectivity index (χ0) is 22.8. The summed E-state index contributed by atoms with van der Waals surface area (Å²) in [5.74, 6) is 1.33. The number of fused-ring (bicyclic) bond motifs is 1. The Labute approximate surface area is 193 Å². The van der Waals surface area contributed by atoms with Gasteiger partial charge in [0.15, 0.2) is 17.2 Å². The summed E-state index contributed by atoms with van der Waals surface area (Å²) in [5, 5.41) is 4.41. The average Bonchev–Trinajstić information content (AvgIpc) is 3.45. The number of nitrogens with zero attached hydrogens (tertiary/aromatic N) is 3. The average molecular weight is 440 g/mol. The molecule has 5 rings (SSSR count). The van der Waals surface area contributed by atoms with Crippen molar-refractivity contribution in [3.8, 4) is 22.6 Å². The summed E-state index contributed by atoms with van der Waals surface area (Å²) in [4.78, 5) is 15.3. The van der Waals surface area contributed by atoms with Crippen LogP contribution in [-0.4, -0.2) is 27.4 Å². The van der Waals surface area contributed by atoms with Crippen LogP contribution in [0.1, 0.15) is 27.3 Å². The highest BCUT2D eigenvalue weighted by Gasteiger charge is 2.21. The van der Waals surface area contributed by atoms with Crippen LogP contribution < -0.4 is 9.47 Å². The molecule has 0 saturated heterocycles. The molecule has 4 aromatic rings. The maximum absolute atomic E-state index is 13.4. The third-order valence-corrected chi connectivity index (χ3v) is 5.87. The fourth-order valence-electron chi connectivity index (χ4n) is 3.94. The van der Waals surface area contributed by atoms with Crippen molar-refractivity contribution < 1.29 is 14.3 Å². The maximum Gasteiger partial charge on any atom is 0.274 e. The molecule has 0 saturated carbocycles. The Morgan fingerprint density at radius 1 is 0.879 bits per heavy atom. The predicted molar refractivity (Wildman–Crippen MR) is 126 cm³/mol. The molecule has 0 radical (unpaired) electrons. The minimum atomic E-state index is -0.108. The van der Waals surface area contributed by atoms with Gasteiger partial charge in [0.05, 0.1) is 0 Å². The normalized spacial score (nSPS) is 12.1. The van der Waals surface area contributed by atoms with Crippen molar-refractivity contribution in [2.75, 3.05) is 6.79 Å². The Morgan fingerprint density at radius 3 is 2.27 bits per heavy atom. The number of hydrogen-bond donors (Lipinski definition) is 0. The first kappa shape index (κ1) is 20.8. The first-order chi connectivity index (χ1) is 16.1. The van der Waals surface area contributed by atoms with E-state index in [0.29, 0.717) is 24.5 Å². The summed E-state index contributed by atoms with van der Waals surface area (Å²) in [6, 6.07) is 26.2. The molecular formula is C27H25N3O3. The van der Waals surface area contributed by atoms with E-state index < -0.39 is 0 Å². The topological polar surface area (TPSA) is 56.6 Å². The third-order valence-electron chi connectivity index (χ3n) is 5.87. The fraction of sp³-hybridized carbons (Fsp3) is 0.185. The van der Waals surface area contributed by atoms with Crippen LogP contribution in [0.25, 0.3) is 11.1 Å². The molecule has 0 unspecified atom stereocenters. The Kier molecular flexibility index (Phi) is 5.57. The summed E-state index contributed by atoms with van der Waals surface area (Å²) >= 11 is 0. The van der Waals surface area contributed by atoms with Gasteiger partial charge < -0.3 is 14.4 Å². The molecule has 2 heterocycles. The van der Waals surface area contributed by atoms with Crippen LogP contribution in [0.3, 0.4) is 0 Å². The summed E-state index contributed by atoms with van der Waals surface area (Å²) < 4.78 is 12.7. The second-order valence-corrected chi connectivity index (χ2v) is 8.21. The molecule has 0 fully saturated rings. The fourth-order valence-corrected chi connectivity index (χ4v) is 3.94. The van der Waals surface area contributed by atoms with Gasteiger partial charge in [0.1, 0.15) is 0 Å². The molecule has 1 amide bonds. The largest absolute Gasteiger partial charge is 0.454 e. The first-order valence-corrected chi connectivity index (χ1v) is 10.9. The zero-order valence-corrected chi connectivity index (χ0v) is 18.7. The highest BCUT2D eigenvalue weighted by atomic mass is 16.7. The van der Waals surface area contributed by atoms with Crippen LogP contribution in [0, 0.1) is 6.92 Å². The van der Waals surface area contributed by atoms with Crippen molar-refractivity contribution in [1.82, 2.24) is 14.7 Å². The van der Waals surface area contributed by atoms with Gasteiger partial charge in [0.2, 0.25) is 6.79 Å². The monoisotopic (exact) mass is 439 g/mol. The zero-order valence-electron chi connectivity index (χ0n) is 18.7. The second kappa shape index (κ2) is 8.82. The van der Waals surface area contributed by atoms with E-state index in [1.807, 2.05) is 61.3 Å². The summed E-state index contributed by atoms with van der Waals surface area (Å²) in [7, 11) is 1.84. The van der Waals surface area contributed by atoms with E-state index in [2.05, 4.69) is 41.5 Å². The number of aryl methyl sites for hydroxylation is 2. The molecule has 1 aromatic heterocycles. The molecule has 0 aliphatic carbocycles. The number of rotatable bonds is 6. The smallest absolute Gasteiger partial charge is 0.274 e. The second-order valence-electron chi connectivity index (χ2n) is 8.21. The summed E-state index contributed by atoms with van der Waals surface area (Å²) in [6.07, 6.45) is 0. The van der Waals surface area contributed by atoms with E-state index >= 15 is 0 Å². The molecule has 0 spiro atoms. The van der Waals surface area contributed by atoms with Crippen molar-refractivity contribution in [3.05, 3.63) is 101 Å². The van der Waals surface area contributed by atoms with Crippen molar-refractivity contribution >= 4 is 5.91 Å². The number of carbonyl (C=O) groups is 1. The molecule has 1 aliphatic rings. The lowest BCUT2D eigenvalue weighted by molar-refractivity contribution is 0.0723. The van der Waals surface area contributed by atoms with Gasteiger partial charge in [-0.25, -0.2) is 0 Å². The van der Waals surface area contributed by atoms with Crippen LogP contribution in [0.15, 0.2) is 78.9 Å². The molecule has 6 heteroatoms. The van der Waals surface area contributed by atoms with Crippen LogP contribution in [-0.2, 0) is 20.1 Å². The number of benzene rings is 3. The van der Waals surface area contributed by atoms with Crippen molar-refractivity contribution in [3.63, 3.8) is 0 Å². The lowest BCUT2D eigenvalue weighted by atomic mass is 10.0. The van der Waals surface area contributed by atoms with Gasteiger partial charge in [0.25, 0.3) is 5.91 Å². The van der Waals surface area contributed by atoms with E-state index in [-0.39, 0.29) is 12.7 Å². The number of ether oxygens (including phenoxy) is 2. The molecular weight excluding hydrogens is 414 g/mol. The van der Waals surface area contributed by atoms with Crippen LogP contribution in [0.4, 0.5) is 0 Å². The number of carbonyl (C=O) groups excluding carboxylic acids is 1. The van der Waals surface area contributed by atoms with Gasteiger partial charge in [-0.3, -0.25) is 9.48 Å². The molecule has 1 aliphatic heterocycles. The van der Waals surface area contributed by atoms with E-state index in [9.17, 15) is 4.79 Å². The van der Waals surface area contributed by atoms with Crippen molar-refractivity contribution in [2.45, 2.75) is 20.0 Å². The van der Waals surface area contributed by atoms with Crippen LogP contribution in [0.2, 0.25) is 0 Å². The number of amides is 1. The lowest BCUT2D eigenvalue weighted by Crippen LogP contribution is -2.30. The van der Waals surface area contributed by atoms with E-state index in [4.69, 9.17) is 9.47 Å². The van der Waals surface area contributed by atoms with E-state index in [1.165, 1.54) is 5.56 Å². The van der Waals surface area contributed by atoms with Crippen molar-refractivity contribution in [2.24, 2.45) is 7.05 Å². The minimum absolute atomic E-state index is 0.108. The van der Waals surface area contributed by atoms with Crippen molar-refractivity contribution in [1.29, 1.82) is 0 Å². The van der Waals surface area contributed by atoms with E-state index in [0.717, 1.165) is 28.1 Å². The first-order valence-electron chi connectivity index (χ1n) is 10.9. The standard InChI is InChI=1S/C27H25N3O3/c1-19-14-24(28-29(19)2)27(31)30(17-21-10-13-25-26(15-21)33-18-32-25)16-20-8-11-23(12-9-20)22-6-4-3-5-7-22/h3-15H,16-18H2,1-2H3. The van der Waals surface area contributed by atoms with Gasteiger partial charge in [0, 0.05) is 25.8 Å². The minimum Gasteiger partial charge on any atom is -0.454 e. The molecule has 166 valence electrons. The Bertz CT molecular complexity index is 1260. The number of aromatic nitrogens is 2. The maximum atomic E-state index is 13.4. The van der Waals surface area contributed by atoms with Crippen LogP contribution in [0.5, 0.6) is 11.5 Å². The Balaban J connectivity index is 1.41. The van der Waals surface area contributed by atoms with Gasteiger partial charge in [-0.05, 0) is 47.4 Å². The van der Waals surface area contributed by atoms with Gasteiger partial charge in [-0.1, -0.05) is 60.7 Å². The molecule has 0 N–H and O–H groups in total. The highest BCUT2D eigenvalue weighted by molar-refractivity contribution is 5.92. The van der Waals surface area contributed by atoms with Crippen LogP contribution >= 0.6 is 0 Å². The summed E-state index contributed by atoms with van der Waals surface area (Å²) in [5.41, 5.74) is 5.72.